The van der Waals surface area contributed by atoms with Gasteiger partial charge in [0.15, 0.2) is 0 Å². The molecule has 0 radical (unpaired) electrons. The fourth-order valence-electron chi connectivity index (χ4n) is 1.95. The van der Waals surface area contributed by atoms with Crippen molar-refractivity contribution in [3.05, 3.63) is 52.7 Å². The second-order valence-corrected chi connectivity index (χ2v) is 6.48. The average Bonchev–Trinajstić information content (AvgIpc) is 2.96. The number of nitrogens with one attached hydrogen (secondary N) is 1. The molecule has 1 atom stereocenters. The van der Waals surface area contributed by atoms with Gasteiger partial charge in [-0.05, 0) is 53.9 Å². The minimum Gasteiger partial charge on any atom is -0.313 e. The Kier molecular flexibility index (Phi) is 6.48. The van der Waals surface area contributed by atoms with E-state index in [1.165, 1.54) is 16.9 Å². The van der Waals surface area contributed by atoms with E-state index in [9.17, 15) is 0 Å². The van der Waals surface area contributed by atoms with E-state index < -0.39 is 0 Å². The van der Waals surface area contributed by atoms with Crippen LogP contribution in [0.4, 0.5) is 0 Å². The monoisotopic (exact) mass is 291 g/mol. The molecule has 102 valence electrons. The van der Waals surface area contributed by atoms with Gasteiger partial charge in [0.2, 0.25) is 0 Å². The van der Waals surface area contributed by atoms with Crippen LogP contribution < -0.4 is 5.32 Å². The molecule has 0 spiro atoms. The summed E-state index contributed by atoms with van der Waals surface area (Å²) in [6.45, 7) is 3.32. The van der Waals surface area contributed by atoms with E-state index in [0.29, 0.717) is 6.04 Å². The van der Waals surface area contributed by atoms with Gasteiger partial charge in [-0.2, -0.15) is 11.3 Å². The zero-order valence-corrected chi connectivity index (χ0v) is 13.0. The molecule has 1 unspecified atom stereocenters. The maximum Gasteiger partial charge on any atom is 0.0202 e. The second-order valence-electron chi connectivity index (χ2n) is 4.61. The van der Waals surface area contributed by atoms with Crippen molar-refractivity contribution in [2.45, 2.75) is 30.7 Å². The standard InChI is InChI=1S/C16H21NS2/c1-2-9-17-15(11-14-8-10-18-12-14)13-19-16-6-4-3-5-7-16/h3-8,10,12,15,17H,2,9,11,13H2,1H3. The molecule has 0 amide bonds. The van der Waals surface area contributed by atoms with E-state index in [1.54, 1.807) is 11.3 Å². The van der Waals surface area contributed by atoms with Crippen LogP contribution in [0.5, 0.6) is 0 Å². The van der Waals surface area contributed by atoms with E-state index in [4.69, 9.17) is 0 Å². The van der Waals surface area contributed by atoms with Crippen LogP contribution in [0.15, 0.2) is 52.1 Å². The molecule has 0 fully saturated rings. The second kappa shape index (κ2) is 8.41. The molecule has 19 heavy (non-hydrogen) atoms. The van der Waals surface area contributed by atoms with Gasteiger partial charge >= 0.3 is 0 Å². The summed E-state index contributed by atoms with van der Waals surface area (Å²) < 4.78 is 0. The Labute approximate surface area is 124 Å². The van der Waals surface area contributed by atoms with Crippen molar-refractivity contribution in [3.8, 4) is 0 Å². The SMILES string of the molecule is CCCNC(CSc1ccccc1)Cc1ccsc1. The smallest absolute Gasteiger partial charge is 0.0202 e. The number of thioether (sulfide) groups is 1. The fraction of sp³-hybridized carbons (Fsp3) is 0.375. The lowest BCUT2D eigenvalue weighted by Crippen LogP contribution is -2.33. The number of benzene rings is 1. The van der Waals surface area contributed by atoms with Gasteiger partial charge in [0.25, 0.3) is 0 Å². The van der Waals surface area contributed by atoms with Crippen molar-refractivity contribution in [1.29, 1.82) is 0 Å². The van der Waals surface area contributed by atoms with Gasteiger partial charge in [0.1, 0.15) is 0 Å². The first kappa shape index (κ1) is 14.6. The summed E-state index contributed by atoms with van der Waals surface area (Å²) in [5.41, 5.74) is 1.45. The molecule has 0 aliphatic carbocycles. The minimum absolute atomic E-state index is 0.555. The molecule has 0 aliphatic heterocycles. The highest BCUT2D eigenvalue weighted by Crippen LogP contribution is 2.19. The highest BCUT2D eigenvalue weighted by molar-refractivity contribution is 7.99. The lowest BCUT2D eigenvalue weighted by Gasteiger charge is -2.17. The van der Waals surface area contributed by atoms with Crippen molar-refractivity contribution >= 4 is 23.1 Å². The Morgan fingerprint density at radius 3 is 2.74 bits per heavy atom. The maximum atomic E-state index is 3.66. The van der Waals surface area contributed by atoms with Crippen LogP contribution in [0.2, 0.25) is 0 Å². The normalized spacial score (nSPS) is 12.5. The Morgan fingerprint density at radius 2 is 2.05 bits per heavy atom. The molecule has 0 saturated carbocycles. The highest BCUT2D eigenvalue weighted by Gasteiger charge is 2.09. The van der Waals surface area contributed by atoms with Gasteiger partial charge in [0.05, 0.1) is 0 Å². The topological polar surface area (TPSA) is 12.0 Å². The zero-order valence-electron chi connectivity index (χ0n) is 11.3. The molecule has 1 nitrogen and oxygen atoms in total. The summed E-state index contributed by atoms with van der Waals surface area (Å²) in [5.74, 6) is 1.12. The van der Waals surface area contributed by atoms with Gasteiger partial charge in [-0.3, -0.25) is 0 Å². The molecule has 3 heteroatoms. The summed E-state index contributed by atoms with van der Waals surface area (Å²) in [6, 6.07) is 13.4. The predicted molar refractivity (Wildman–Crippen MR) is 87.3 cm³/mol. The quantitative estimate of drug-likeness (QED) is 0.721. The summed E-state index contributed by atoms with van der Waals surface area (Å²) in [4.78, 5) is 1.36. The van der Waals surface area contributed by atoms with Crippen LogP contribution >= 0.6 is 23.1 Å². The Morgan fingerprint density at radius 1 is 1.21 bits per heavy atom. The van der Waals surface area contributed by atoms with E-state index >= 15 is 0 Å². The average molecular weight is 291 g/mol. The van der Waals surface area contributed by atoms with Crippen LogP contribution in [0.3, 0.4) is 0 Å². The molecular weight excluding hydrogens is 270 g/mol. The third kappa shape index (κ3) is 5.39. The van der Waals surface area contributed by atoms with Crippen molar-refractivity contribution in [2.24, 2.45) is 0 Å². The fourth-order valence-corrected chi connectivity index (χ4v) is 3.61. The molecule has 1 aromatic carbocycles. The Hall–Kier alpha value is -0.770. The van der Waals surface area contributed by atoms with Crippen LogP contribution in [0.1, 0.15) is 18.9 Å². The predicted octanol–water partition coefficient (Wildman–Crippen LogP) is 4.45. The van der Waals surface area contributed by atoms with Crippen molar-refractivity contribution < 1.29 is 0 Å². The van der Waals surface area contributed by atoms with Gasteiger partial charge in [-0.15, -0.1) is 11.8 Å². The van der Waals surface area contributed by atoms with E-state index in [0.717, 1.165) is 18.7 Å². The Bertz CT molecular complexity index is 439. The lowest BCUT2D eigenvalue weighted by molar-refractivity contribution is 0.551. The van der Waals surface area contributed by atoms with E-state index in [2.05, 4.69) is 59.4 Å². The molecule has 1 N–H and O–H groups in total. The lowest BCUT2D eigenvalue weighted by atomic mass is 10.1. The van der Waals surface area contributed by atoms with Crippen molar-refractivity contribution in [2.75, 3.05) is 12.3 Å². The molecule has 2 rings (SSSR count). The minimum atomic E-state index is 0.555. The highest BCUT2D eigenvalue weighted by atomic mass is 32.2. The first-order chi connectivity index (χ1) is 9.38. The van der Waals surface area contributed by atoms with Crippen molar-refractivity contribution in [1.82, 2.24) is 5.32 Å². The van der Waals surface area contributed by atoms with Crippen LogP contribution in [0.25, 0.3) is 0 Å². The van der Waals surface area contributed by atoms with Crippen LogP contribution in [-0.4, -0.2) is 18.3 Å². The molecule has 0 saturated heterocycles. The molecule has 2 aromatic rings. The molecule has 0 aliphatic rings. The first-order valence-corrected chi connectivity index (χ1v) is 8.73. The molecule has 1 heterocycles. The van der Waals surface area contributed by atoms with Gasteiger partial charge < -0.3 is 5.32 Å². The van der Waals surface area contributed by atoms with Gasteiger partial charge in [-0.25, -0.2) is 0 Å². The molecular formula is C16H21NS2. The summed E-state index contributed by atoms with van der Waals surface area (Å²) in [5, 5.41) is 8.08. The summed E-state index contributed by atoms with van der Waals surface area (Å²) in [7, 11) is 0. The third-order valence-electron chi connectivity index (χ3n) is 2.94. The largest absolute Gasteiger partial charge is 0.313 e. The molecule has 0 bridgehead atoms. The van der Waals surface area contributed by atoms with Crippen molar-refractivity contribution in [3.63, 3.8) is 0 Å². The number of hydrogen-bond donors (Lipinski definition) is 1. The van der Waals surface area contributed by atoms with Crippen LogP contribution in [-0.2, 0) is 6.42 Å². The Balaban J connectivity index is 1.86. The summed E-state index contributed by atoms with van der Waals surface area (Å²) in [6.07, 6.45) is 2.32. The van der Waals surface area contributed by atoms with E-state index in [-0.39, 0.29) is 0 Å². The third-order valence-corrected chi connectivity index (χ3v) is 4.85. The molecule has 1 aromatic heterocycles. The number of hydrogen-bond acceptors (Lipinski definition) is 3. The van der Waals surface area contributed by atoms with Gasteiger partial charge in [-0.1, -0.05) is 25.1 Å². The number of rotatable bonds is 8. The first-order valence-electron chi connectivity index (χ1n) is 6.80. The van der Waals surface area contributed by atoms with Crippen LogP contribution in [0, 0.1) is 0 Å². The van der Waals surface area contributed by atoms with E-state index in [1.807, 2.05) is 11.8 Å². The zero-order chi connectivity index (χ0) is 13.3. The number of thiophene rings is 1. The maximum absolute atomic E-state index is 3.66. The van der Waals surface area contributed by atoms with Gasteiger partial charge in [0, 0.05) is 16.7 Å². The summed E-state index contributed by atoms with van der Waals surface area (Å²) >= 11 is 3.73.